The number of likely N-dealkylation sites (tertiary alicyclic amines) is 1. The van der Waals surface area contributed by atoms with E-state index in [1.165, 1.54) is 0 Å². The molecule has 110 valence electrons. The van der Waals surface area contributed by atoms with E-state index in [4.69, 9.17) is 4.74 Å². The largest absolute Gasteiger partial charge is 0.444 e. The number of amides is 2. The second kappa shape index (κ2) is 6.26. The number of nitrogens with one attached hydrogen (secondary N) is 1. The van der Waals surface area contributed by atoms with Crippen molar-refractivity contribution in [2.24, 2.45) is 5.92 Å². The number of nitrogens with zero attached hydrogens (tertiary/aromatic N) is 1. The average Bonchev–Trinajstić information content (AvgIpc) is 2.26. The van der Waals surface area contributed by atoms with Crippen LogP contribution >= 0.6 is 0 Å². The van der Waals surface area contributed by atoms with Crippen LogP contribution in [-0.4, -0.2) is 41.6 Å². The second-order valence-corrected chi connectivity index (χ2v) is 6.43. The summed E-state index contributed by atoms with van der Waals surface area (Å²) < 4.78 is 5.34. The summed E-state index contributed by atoms with van der Waals surface area (Å²) >= 11 is 0. The van der Waals surface area contributed by atoms with Gasteiger partial charge in [-0.15, -0.1) is 0 Å². The van der Waals surface area contributed by atoms with Crippen molar-refractivity contribution in [1.29, 1.82) is 0 Å². The number of piperidine rings is 1. The van der Waals surface area contributed by atoms with Gasteiger partial charge in [-0.2, -0.15) is 0 Å². The molecule has 1 aliphatic heterocycles. The average molecular weight is 270 g/mol. The highest BCUT2D eigenvalue weighted by atomic mass is 16.6. The minimum Gasteiger partial charge on any atom is -0.444 e. The third kappa shape index (κ3) is 5.49. The third-order valence-electron chi connectivity index (χ3n) is 2.87. The maximum absolute atomic E-state index is 12.0. The van der Waals surface area contributed by atoms with Crippen LogP contribution in [0.3, 0.4) is 0 Å². The van der Waals surface area contributed by atoms with Crippen LogP contribution in [0.25, 0.3) is 0 Å². The molecule has 19 heavy (non-hydrogen) atoms. The Labute approximate surface area is 115 Å². The molecule has 1 rings (SSSR count). The van der Waals surface area contributed by atoms with Gasteiger partial charge in [0.25, 0.3) is 0 Å². The molecular formula is C14H26N2O3. The molecule has 1 heterocycles. The highest BCUT2D eigenvalue weighted by Gasteiger charge is 2.31. The fourth-order valence-corrected chi connectivity index (χ4v) is 2.09. The Kier molecular flexibility index (Phi) is 5.20. The zero-order valence-corrected chi connectivity index (χ0v) is 12.7. The van der Waals surface area contributed by atoms with Crippen LogP contribution in [0.15, 0.2) is 0 Å². The first-order valence-electron chi connectivity index (χ1n) is 6.97. The predicted molar refractivity (Wildman–Crippen MR) is 73.8 cm³/mol. The van der Waals surface area contributed by atoms with Gasteiger partial charge in [-0.1, -0.05) is 0 Å². The molecule has 0 bridgehead atoms. The second-order valence-electron chi connectivity index (χ2n) is 6.43. The van der Waals surface area contributed by atoms with Crippen LogP contribution in [0.1, 0.15) is 47.5 Å². The molecule has 5 heteroatoms. The lowest BCUT2D eigenvalue weighted by molar-refractivity contribution is -0.127. The van der Waals surface area contributed by atoms with Crippen molar-refractivity contribution in [3.8, 4) is 0 Å². The van der Waals surface area contributed by atoms with Gasteiger partial charge in [-0.3, -0.25) is 4.79 Å². The Hall–Kier alpha value is -1.26. The molecule has 1 N–H and O–H groups in total. The van der Waals surface area contributed by atoms with Crippen molar-refractivity contribution in [1.82, 2.24) is 10.2 Å². The van der Waals surface area contributed by atoms with E-state index >= 15 is 0 Å². The van der Waals surface area contributed by atoms with Crippen molar-refractivity contribution in [2.45, 2.75) is 59.1 Å². The Bertz CT molecular complexity index is 334. The van der Waals surface area contributed by atoms with Gasteiger partial charge in [0.05, 0.1) is 5.92 Å². The van der Waals surface area contributed by atoms with Gasteiger partial charge in [0.2, 0.25) is 5.91 Å². The highest BCUT2D eigenvalue weighted by Crippen LogP contribution is 2.19. The van der Waals surface area contributed by atoms with Gasteiger partial charge in [-0.05, 0) is 47.5 Å². The fraction of sp³-hybridized carbons (Fsp3) is 0.857. The maximum Gasteiger partial charge on any atom is 0.410 e. The Morgan fingerprint density at radius 1 is 1.32 bits per heavy atom. The first-order valence-corrected chi connectivity index (χ1v) is 6.97. The van der Waals surface area contributed by atoms with Gasteiger partial charge in [-0.25, -0.2) is 4.79 Å². The summed E-state index contributed by atoms with van der Waals surface area (Å²) in [5.41, 5.74) is -0.496. The molecule has 1 unspecified atom stereocenters. The lowest BCUT2D eigenvalue weighted by Gasteiger charge is -2.33. The highest BCUT2D eigenvalue weighted by molar-refractivity contribution is 5.80. The Morgan fingerprint density at radius 2 is 1.95 bits per heavy atom. The Morgan fingerprint density at radius 3 is 2.47 bits per heavy atom. The molecule has 0 aromatic heterocycles. The van der Waals surface area contributed by atoms with Crippen LogP contribution in [0.2, 0.25) is 0 Å². The quantitative estimate of drug-likeness (QED) is 0.836. The summed E-state index contributed by atoms with van der Waals surface area (Å²) in [5.74, 6) is -0.0908. The third-order valence-corrected chi connectivity index (χ3v) is 2.87. The van der Waals surface area contributed by atoms with E-state index in [9.17, 15) is 9.59 Å². The summed E-state index contributed by atoms with van der Waals surface area (Å²) in [6, 6.07) is 0.129. The van der Waals surface area contributed by atoms with Crippen molar-refractivity contribution < 1.29 is 14.3 Å². The van der Waals surface area contributed by atoms with E-state index in [0.717, 1.165) is 12.8 Å². The topological polar surface area (TPSA) is 58.6 Å². The van der Waals surface area contributed by atoms with Crippen molar-refractivity contribution in [3.05, 3.63) is 0 Å². The molecule has 1 fully saturated rings. The van der Waals surface area contributed by atoms with Crippen LogP contribution in [0.5, 0.6) is 0 Å². The van der Waals surface area contributed by atoms with Crippen LogP contribution in [-0.2, 0) is 9.53 Å². The Balaban J connectivity index is 2.54. The van der Waals surface area contributed by atoms with Crippen molar-refractivity contribution in [3.63, 3.8) is 0 Å². The predicted octanol–water partition coefficient (Wildman–Crippen LogP) is 2.16. The lowest BCUT2D eigenvalue weighted by Crippen LogP contribution is -2.48. The summed E-state index contributed by atoms with van der Waals surface area (Å²) in [6.07, 6.45) is 1.35. The van der Waals surface area contributed by atoms with E-state index in [1.807, 2.05) is 34.6 Å². The monoisotopic (exact) mass is 270 g/mol. The SMILES string of the molecule is CC(C)NC(=O)C1CCCN(C(=O)OC(C)(C)C)C1. The molecule has 0 radical (unpaired) electrons. The van der Waals surface area contributed by atoms with Gasteiger partial charge in [0.15, 0.2) is 0 Å². The number of ether oxygens (including phenoxy) is 1. The van der Waals surface area contributed by atoms with E-state index in [0.29, 0.717) is 13.1 Å². The van der Waals surface area contributed by atoms with Gasteiger partial charge in [0.1, 0.15) is 5.60 Å². The number of carbonyl (C=O) groups is 2. The minimum atomic E-state index is -0.496. The summed E-state index contributed by atoms with van der Waals surface area (Å²) in [5, 5.41) is 2.90. The van der Waals surface area contributed by atoms with E-state index in [2.05, 4.69) is 5.32 Å². The van der Waals surface area contributed by atoms with Gasteiger partial charge >= 0.3 is 6.09 Å². The molecule has 1 saturated heterocycles. The number of carbonyl (C=O) groups excluding carboxylic acids is 2. The molecule has 0 aromatic carbocycles. The molecule has 5 nitrogen and oxygen atoms in total. The van der Waals surface area contributed by atoms with Crippen LogP contribution in [0, 0.1) is 5.92 Å². The molecule has 2 amide bonds. The van der Waals surface area contributed by atoms with Crippen molar-refractivity contribution in [2.75, 3.05) is 13.1 Å². The standard InChI is InChI=1S/C14H26N2O3/c1-10(2)15-12(17)11-7-6-8-16(9-11)13(18)19-14(3,4)5/h10-11H,6-9H2,1-5H3,(H,15,17). The minimum absolute atomic E-state index is 0.0308. The van der Waals surface area contributed by atoms with Crippen LogP contribution in [0.4, 0.5) is 4.79 Å². The van der Waals surface area contributed by atoms with Crippen molar-refractivity contribution >= 4 is 12.0 Å². The first kappa shape index (κ1) is 15.8. The van der Waals surface area contributed by atoms with Gasteiger partial charge in [0, 0.05) is 19.1 Å². The van der Waals surface area contributed by atoms with E-state index < -0.39 is 5.60 Å². The van der Waals surface area contributed by atoms with E-state index in [1.54, 1.807) is 4.90 Å². The summed E-state index contributed by atoms with van der Waals surface area (Å²) in [4.78, 5) is 25.6. The molecular weight excluding hydrogens is 244 g/mol. The molecule has 0 spiro atoms. The summed E-state index contributed by atoms with van der Waals surface area (Å²) in [7, 11) is 0. The van der Waals surface area contributed by atoms with Gasteiger partial charge < -0.3 is 15.0 Å². The molecule has 0 aliphatic carbocycles. The lowest BCUT2D eigenvalue weighted by atomic mass is 9.97. The fourth-order valence-electron chi connectivity index (χ4n) is 2.09. The molecule has 1 aliphatic rings. The van der Waals surface area contributed by atoms with Crippen LogP contribution < -0.4 is 5.32 Å². The normalized spacial score (nSPS) is 20.3. The zero-order chi connectivity index (χ0) is 14.6. The molecule has 0 saturated carbocycles. The molecule has 0 aromatic rings. The molecule has 1 atom stereocenters. The number of rotatable bonds is 2. The summed E-state index contributed by atoms with van der Waals surface area (Å²) in [6.45, 7) is 10.5. The van der Waals surface area contributed by atoms with E-state index in [-0.39, 0.29) is 24.0 Å². The number of hydrogen-bond donors (Lipinski definition) is 1. The number of hydrogen-bond acceptors (Lipinski definition) is 3. The maximum atomic E-state index is 12.0. The zero-order valence-electron chi connectivity index (χ0n) is 12.7. The smallest absolute Gasteiger partial charge is 0.410 e. The first-order chi connectivity index (χ1) is 8.69.